The summed E-state index contributed by atoms with van der Waals surface area (Å²) in [5, 5.41) is 3.12. The Morgan fingerprint density at radius 1 is 1.00 bits per heavy atom. The summed E-state index contributed by atoms with van der Waals surface area (Å²) in [6.07, 6.45) is 1.58. The Morgan fingerprint density at radius 2 is 1.63 bits per heavy atom. The minimum absolute atomic E-state index is 0.106. The molecule has 1 N–H and O–H groups in total. The van der Waals surface area contributed by atoms with Gasteiger partial charge >= 0.3 is 0 Å². The molecule has 0 aromatic carbocycles. The van der Waals surface area contributed by atoms with Gasteiger partial charge in [0.1, 0.15) is 6.10 Å². The van der Waals surface area contributed by atoms with E-state index in [2.05, 4.69) is 5.32 Å². The molecule has 3 fully saturated rings. The Balaban J connectivity index is 1.48. The van der Waals surface area contributed by atoms with E-state index in [4.69, 9.17) is 4.74 Å². The van der Waals surface area contributed by atoms with Crippen molar-refractivity contribution in [3.8, 4) is 0 Å². The van der Waals surface area contributed by atoms with Gasteiger partial charge in [-0.3, -0.25) is 9.59 Å². The summed E-state index contributed by atoms with van der Waals surface area (Å²) in [4.78, 5) is 28.0. The molecule has 0 aromatic heterocycles. The first-order valence-electron chi connectivity index (χ1n) is 7.15. The molecule has 0 aliphatic carbocycles. The van der Waals surface area contributed by atoms with Crippen LogP contribution in [0.15, 0.2) is 0 Å². The summed E-state index contributed by atoms with van der Waals surface area (Å²) in [6.45, 7) is 4.90. The van der Waals surface area contributed by atoms with Gasteiger partial charge in [-0.2, -0.15) is 0 Å². The number of hydrogen-bond donors (Lipinski definition) is 1. The lowest BCUT2D eigenvalue weighted by molar-refractivity contribution is -0.147. The van der Waals surface area contributed by atoms with Crippen LogP contribution in [0.1, 0.15) is 12.8 Å². The summed E-state index contributed by atoms with van der Waals surface area (Å²) in [7, 11) is 0. The molecule has 0 saturated carbocycles. The molecule has 3 heterocycles. The Hall–Kier alpha value is -1.14. The van der Waals surface area contributed by atoms with E-state index in [1.165, 1.54) is 0 Å². The molecule has 3 aliphatic heterocycles. The first-order chi connectivity index (χ1) is 9.25. The molecular weight excluding hydrogens is 246 g/mol. The highest BCUT2D eigenvalue weighted by atomic mass is 16.5. The fourth-order valence-corrected chi connectivity index (χ4v) is 2.84. The Kier molecular flexibility index (Phi) is 3.70. The first kappa shape index (κ1) is 12.9. The van der Waals surface area contributed by atoms with Crippen molar-refractivity contribution in [2.75, 3.05) is 45.9 Å². The summed E-state index contributed by atoms with van der Waals surface area (Å²) >= 11 is 0. The van der Waals surface area contributed by atoms with E-state index in [-0.39, 0.29) is 23.8 Å². The first-order valence-corrected chi connectivity index (χ1v) is 7.15. The van der Waals surface area contributed by atoms with Gasteiger partial charge < -0.3 is 19.9 Å². The lowest BCUT2D eigenvalue weighted by atomic mass is 10.0. The van der Waals surface area contributed by atoms with E-state index in [0.717, 1.165) is 25.9 Å². The molecule has 3 aliphatic rings. The predicted octanol–water partition coefficient (Wildman–Crippen LogP) is -0.944. The van der Waals surface area contributed by atoms with Gasteiger partial charge in [-0.15, -0.1) is 0 Å². The number of piperazine rings is 1. The van der Waals surface area contributed by atoms with Crippen LogP contribution >= 0.6 is 0 Å². The van der Waals surface area contributed by atoms with Gasteiger partial charge in [0, 0.05) is 45.9 Å². The molecule has 2 amide bonds. The SMILES string of the molecule is O=C(C1CNC1)N1CCN(C(=O)C2CCCO2)CC1. The molecule has 19 heavy (non-hydrogen) atoms. The average Bonchev–Trinajstić information content (AvgIpc) is 2.90. The summed E-state index contributed by atoms with van der Waals surface area (Å²) < 4.78 is 5.43. The molecule has 6 heteroatoms. The Morgan fingerprint density at radius 3 is 2.11 bits per heavy atom. The summed E-state index contributed by atoms with van der Waals surface area (Å²) in [6, 6.07) is 0. The number of ether oxygens (including phenoxy) is 1. The minimum Gasteiger partial charge on any atom is -0.368 e. The monoisotopic (exact) mass is 267 g/mol. The highest BCUT2D eigenvalue weighted by molar-refractivity contribution is 5.83. The fourth-order valence-electron chi connectivity index (χ4n) is 2.84. The van der Waals surface area contributed by atoms with E-state index >= 15 is 0 Å². The molecule has 1 unspecified atom stereocenters. The van der Waals surface area contributed by atoms with Crippen LogP contribution in [0, 0.1) is 5.92 Å². The molecule has 6 nitrogen and oxygen atoms in total. The van der Waals surface area contributed by atoms with Crippen molar-refractivity contribution in [1.29, 1.82) is 0 Å². The second-order valence-corrected chi connectivity index (χ2v) is 5.51. The predicted molar refractivity (Wildman–Crippen MR) is 68.5 cm³/mol. The molecule has 0 aromatic rings. The van der Waals surface area contributed by atoms with Gasteiger partial charge in [0.25, 0.3) is 5.91 Å². The third-order valence-corrected chi connectivity index (χ3v) is 4.24. The van der Waals surface area contributed by atoms with Gasteiger partial charge in [0.2, 0.25) is 5.91 Å². The number of carbonyl (C=O) groups excluding carboxylic acids is 2. The molecule has 106 valence electrons. The molecule has 3 saturated heterocycles. The van der Waals surface area contributed by atoms with Gasteiger partial charge in [0.05, 0.1) is 5.92 Å². The van der Waals surface area contributed by atoms with Crippen molar-refractivity contribution in [3.63, 3.8) is 0 Å². The fraction of sp³-hybridized carbons (Fsp3) is 0.846. The van der Waals surface area contributed by atoms with Crippen LogP contribution < -0.4 is 5.32 Å². The summed E-state index contributed by atoms with van der Waals surface area (Å²) in [5.41, 5.74) is 0. The van der Waals surface area contributed by atoms with Crippen molar-refractivity contribution in [2.24, 2.45) is 5.92 Å². The van der Waals surface area contributed by atoms with Gasteiger partial charge in [-0.05, 0) is 12.8 Å². The van der Waals surface area contributed by atoms with Gasteiger partial charge in [0.15, 0.2) is 0 Å². The van der Waals surface area contributed by atoms with Gasteiger partial charge in [-0.25, -0.2) is 0 Å². The highest BCUT2D eigenvalue weighted by Crippen LogP contribution is 2.17. The van der Waals surface area contributed by atoms with Crippen molar-refractivity contribution < 1.29 is 14.3 Å². The number of hydrogen-bond acceptors (Lipinski definition) is 4. The third kappa shape index (κ3) is 2.60. The van der Waals surface area contributed by atoms with Crippen LogP contribution in [0.2, 0.25) is 0 Å². The molecule has 1 atom stereocenters. The topological polar surface area (TPSA) is 61.9 Å². The van der Waals surface area contributed by atoms with E-state index in [1.807, 2.05) is 9.80 Å². The summed E-state index contributed by atoms with van der Waals surface area (Å²) in [5.74, 6) is 0.498. The number of rotatable bonds is 2. The molecule has 0 radical (unpaired) electrons. The Labute approximate surface area is 113 Å². The number of nitrogens with zero attached hydrogens (tertiary/aromatic N) is 2. The number of carbonyl (C=O) groups is 2. The van der Waals surface area contributed by atoms with Crippen LogP contribution in [-0.4, -0.2) is 73.6 Å². The van der Waals surface area contributed by atoms with E-state index in [1.54, 1.807) is 0 Å². The maximum atomic E-state index is 12.2. The van der Waals surface area contributed by atoms with Crippen LogP contribution in [-0.2, 0) is 14.3 Å². The third-order valence-electron chi connectivity index (χ3n) is 4.24. The van der Waals surface area contributed by atoms with E-state index in [0.29, 0.717) is 32.8 Å². The molecule has 0 bridgehead atoms. The van der Waals surface area contributed by atoms with Crippen LogP contribution in [0.5, 0.6) is 0 Å². The standard InChI is InChI=1S/C13H21N3O3/c17-12(10-8-14-9-10)15-3-5-16(6-4-15)13(18)11-2-1-7-19-11/h10-11,14H,1-9H2. The van der Waals surface area contributed by atoms with E-state index in [9.17, 15) is 9.59 Å². The van der Waals surface area contributed by atoms with Gasteiger partial charge in [-0.1, -0.05) is 0 Å². The van der Waals surface area contributed by atoms with Crippen LogP contribution in [0.3, 0.4) is 0 Å². The van der Waals surface area contributed by atoms with Crippen molar-refractivity contribution in [3.05, 3.63) is 0 Å². The zero-order chi connectivity index (χ0) is 13.2. The second kappa shape index (κ2) is 5.46. The molecule has 0 spiro atoms. The Bertz CT molecular complexity index is 356. The van der Waals surface area contributed by atoms with Crippen molar-refractivity contribution in [2.45, 2.75) is 18.9 Å². The van der Waals surface area contributed by atoms with Crippen LogP contribution in [0.4, 0.5) is 0 Å². The lowest BCUT2D eigenvalue weighted by Gasteiger charge is -2.39. The molecular formula is C13H21N3O3. The molecule has 3 rings (SSSR count). The zero-order valence-corrected chi connectivity index (χ0v) is 11.1. The normalized spacial score (nSPS) is 28.3. The highest BCUT2D eigenvalue weighted by Gasteiger charge is 2.34. The van der Waals surface area contributed by atoms with E-state index < -0.39 is 0 Å². The smallest absolute Gasteiger partial charge is 0.251 e. The maximum absolute atomic E-state index is 12.2. The van der Waals surface area contributed by atoms with Crippen molar-refractivity contribution >= 4 is 11.8 Å². The van der Waals surface area contributed by atoms with Crippen LogP contribution in [0.25, 0.3) is 0 Å². The zero-order valence-electron chi connectivity index (χ0n) is 11.1. The largest absolute Gasteiger partial charge is 0.368 e. The quantitative estimate of drug-likeness (QED) is 0.701. The van der Waals surface area contributed by atoms with Crippen molar-refractivity contribution in [1.82, 2.24) is 15.1 Å². The average molecular weight is 267 g/mol. The maximum Gasteiger partial charge on any atom is 0.251 e. The number of nitrogens with one attached hydrogen (secondary N) is 1. The second-order valence-electron chi connectivity index (χ2n) is 5.51. The lowest BCUT2D eigenvalue weighted by Crippen LogP contribution is -2.58. The number of amides is 2. The minimum atomic E-state index is -0.238.